The minimum absolute atomic E-state index is 0.0193. The van der Waals surface area contributed by atoms with Crippen LogP contribution in [0, 0.1) is 0 Å². The molecule has 1 atom stereocenters. The van der Waals surface area contributed by atoms with Crippen LogP contribution in [0.1, 0.15) is 25.1 Å². The highest BCUT2D eigenvalue weighted by atomic mass is 19.4. The van der Waals surface area contributed by atoms with E-state index in [0.29, 0.717) is 0 Å². The molecule has 17 heavy (non-hydrogen) atoms. The summed E-state index contributed by atoms with van der Waals surface area (Å²) in [7, 11) is 0. The van der Waals surface area contributed by atoms with E-state index in [0.717, 1.165) is 30.5 Å². The molecule has 1 aliphatic heterocycles. The Hall–Kier alpha value is -1.31. The van der Waals surface area contributed by atoms with Gasteiger partial charge in [-0.3, -0.25) is 4.98 Å². The number of hydrogen-bond donors (Lipinski definition) is 2. The lowest BCUT2D eigenvalue weighted by molar-refractivity contribution is -0.145. The van der Waals surface area contributed by atoms with Crippen LogP contribution in [0.15, 0.2) is 4.79 Å². The number of hydrogen-bond acceptors (Lipinski definition) is 3. The molecule has 1 aromatic rings. The van der Waals surface area contributed by atoms with Crippen LogP contribution in [-0.2, 0) is 12.7 Å². The van der Waals surface area contributed by atoms with Gasteiger partial charge in [-0.25, -0.2) is 9.48 Å². The zero-order valence-electron chi connectivity index (χ0n) is 9.05. The molecule has 2 rings (SSSR count). The molecule has 0 aromatic carbocycles. The van der Waals surface area contributed by atoms with Crippen LogP contribution in [0.3, 0.4) is 0 Å². The second-order valence-electron chi connectivity index (χ2n) is 4.11. The molecule has 0 bridgehead atoms. The molecule has 2 heterocycles. The SMILES string of the molecule is O=c1[nH]c(C(F)(F)F)nn1CC1CCCCN1. The highest BCUT2D eigenvalue weighted by Gasteiger charge is 2.36. The van der Waals surface area contributed by atoms with Crippen molar-refractivity contribution in [3.63, 3.8) is 0 Å². The van der Waals surface area contributed by atoms with Gasteiger partial charge in [0, 0.05) is 6.04 Å². The van der Waals surface area contributed by atoms with E-state index < -0.39 is 17.7 Å². The third-order valence-electron chi connectivity index (χ3n) is 2.75. The standard InChI is InChI=1S/C9H13F3N4O/c10-9(11,12)7-14-8(17)16(15-7)5-6-3-1-2-4-13-6/h6,13H,1-5H2,(H,14,15,17). The van der Waals surface area contributed by atoms with Gasteiger partial charge in [0.2, 0.25) is 5.82 Å². The van der Waals surface area contributed by atoms with Gasteiger partial charge in [-0.15, -0.1) is 5.10 Å². The summed E-state index contributed by atoms with van der Waals surface area (Å²) in [6.45, 7) is 1.00. The number of H-pyrrole nitrogens is 1. The summed E-state index contributed by atoms with van der Waals surface area (Å²) in [5, 5.41) is 6.41. The van der Waals surface area contributed by atoms with Crippen molar-refractivity contribution in [3.05, 3.63) is 16.3 Å². The Bertz CT molecular complexity index is 430. The molecule has 1 unspecified atom stereocenters. The number of nitrogens with one attached hydrogen (secondary N) is 2. The molecule has 0 amide bonds. The largest absolute Gasteiger partial charge is 0.451 e. The van der Waals surface area contributed by atoms with Crippen LogP contribution in [0.25, 0.3) is 0 Å². The van der Waals surface area contributed by atoms with Gasteiger partial charge < -0.3 is 5.32 Å². The second kappa shape index (κ2) is 4.52. The third-order valence-corrected chi connectivity index (χ3v) is 2.75. The van der Waals surface area contributed by atoms with Gasteiger partial charge in [0.25, 0.3) is 0 Å². The third kappa shape index (κ3) is 2.87. The van der Waals surface area contributed by atoms with Gasteiger partial charge in [0.05, 0.1) is 6.54 Å². The Kier molecular flexibility index (Phi) is 3.23. The zero-order valence-corrected chi connectivity index (χ0v) is 9.05. The van der Waals surface area contributed by atoms with E-state index in [4.69, 9.17) is 0 Å². The van der Waals surface area contributed by atoms with Gasteiger partial charge >= 0.3 is 11.9 Å². The Morgan fingerprint density at radius 2 is 2.18 bits per heavy atom. The maximum absolute atomic E-state index is 12.3. The summed E-state index contributed by atoms with van der Waals surface area (Å²) in [5.74, 6) is -1.24. The normalized spacial score (nSPS) is 21.7. The number of aromatic nitrogens is 3. The summed E-state index contributed by atoms with van der Waals surface area (Å²) in [6, 6.07) is 0.0193. The molecule has 0 saturated carbocycles. The van der Waals surface area contributed by atoms with Gasteiger partial charge in [-0.1, -0.05) is 6.42 Å². The van der Waals surface area contributed by atoms with Gasteiger partial charge in [-0.05, 0) is 19.4 Å². The molecule has 96 valence electrons. The van der Waals surface area contributed by atoms with Crippen molar-refractivity contribution in [2.24, 2.45) is 0 Å². The van der Waals surface area contributed by atoms with Crippen molar-refractivity contribution < 1.29 is 13.2 Å². The topological polar surface area (TPSA) is 62.7 Å². The minimum atomic E-state index is -4.61. The Balaban J connectivity index is 2.10. The lowest BCUT2D eigenvalue weighted by atomic mass is 10.1. The van der Waals surface area contributed by atoms with Crippen LogP contribution in [-0.4, -0.2) is 27.4 Å². The minimum Gasteiger partial charge on any atom is -0.312 e. The first-order valence-electron chi connectivity index (χ1n) is 5.44. The van der Waals surface area contributed by atoms with Gasteiger partial charge in [0.15, 0.2) is 0 Å². The van der Waals surface area contributed by atoms with E-state index in [1.165, 1.54) is 0 Å². The molecule has 1 saturated heterocycles. The zero-order chi connectivity index (χ0) is 12.5. The van der Waals surface area contributed by atoms with Crippen molar-refractivity contribution in [2.75, 3.05) is 6.54 Å². The van der Waals surface area contributed by atoms with E-state index >= 15 is 0 Å². The molecule has 5 nitrogen and oxygen atoms in total. The van der Waals surface area contributed by atoms with E-state index in [2.05, 4.69) is 10.4 Å². The molecule has 8 heteroatoms. The lowest BCUT2D eigenvalue weighted by Crippen LogP contribution is -2.39. The highest BCUT2D eigenvalue weighted by Crippen LogP contribution is 2.24. The Labute approximate surface area is 95.0 Å². The Morgan fingerprint density at radius 1 is 1.41 bits per heavy atom. The summed E-state index contributed by atoms with van der Waals surface area (Å²) in [6.07, 6.45) is -1.69. The fourth-order valence-electron chi connectivity index (χ4n) is 1.90. The lowest BCUT2D eigenvalue weighted by Gasteiger charge is -2.22. The van der Waals surface area contributed by atoms with Crippen molar-refractivity contribution in [3.8, 4) is 0 Å². The predicted octanol–water partition coefficient (Wildman–Crippen LogP) is 0.732. The first-order chi connectivity index (χ1) is 7.97. The second-order valence-corrected chi connectivity index (χ2v) is 4.11. The molecule has 1 fully saturated rings. The summed E-state index contributed by atoms with van der Waals surface area (Å²) in [4.78, 5) is 13.0. The van der Waals surface area contributed by atoms with Crippen molar-refractivity contribution in [1.82, 2.24) is 20.1 Å². The Morgan fingerprint density at radius 3 is 2.71 bits per heavy atom. The van der Waals surface area contributed by atoms with Crippen molar-refractivity contribution in [2.45, 2.75) is 38.0 Å². The fraction of sp³-hybridized carbons (Fsp3) is 0.778. The number of piperidine rings is 1. The molecule has 0 radical (unpaired) electrons. The molecular formula is C9H13F3N4O. The van der Waals surface area contributed by atoms with E-state index in [-0.39, 0.29) is 12.6 Å². The number of aromatic amines is 1. The van der Waals surface area contributed by atoms with Crippen LogP contribution >= 0.6 is 0 Å². The number of rotatable bonds is 2. The first-order valence-corrected chi connectivity index (χ1v) is 5.44. The average Bonchev–Trinajstić information content (AvgIpc) is 2.62. The number of halogens is 3. The average molecular weight is 250 g/mol. The van der Waals surface area contributed by atoms with E-state index in [1.807, 2.05) is 0 Å². The molecule has 1 aromatic heterocycles. The van der Waals surface area contributed by atoms with Crippen LogP contribution in [0.5, 0.6) is 0 Å². The fourth-order valence-corrected chi connectivity index (χ4v) is 1.90. The van der Waals surface area contributed by atoms with Crippen LogP contribution in [0.4, 0.5) is 13.2 Å². The molecule has 2 N–H and O–H groups in total. The van der Waals surface area contributed by atoms with Gasteiger partial charge in [0.1, 0.15) is 0 Å². The molecule has 1 aliphatic rings. The summed E-state index contributed by atoms with van der Waals surface area (Å²) in [5.41, 5.74) is -0.815. The summed E-state index contributed by atoms with van der Waals surface area (Å²) >= 11 is 0. The maximum atomic E-state index is 12.3. The van der Waals surface area contributed by atoms with Crippen molar-refractivity contribution in [1.29, 1.82) is 0 Å². The monoisotopic (exact) mass is 250 g/mol. The molecule has 0 spiro atoms. The summed E-state index contributed by atoms with van der Waals surface area (Å²) < 4.78 is 37.7. The van der Waals surface area contributed by atoms with E-state index in [1.54, 1.807) is 4.98 Å². The maximum Gasteiger partial charge on any atom is 0.451 e. The van der Waals surface area contributed by atoms with Gasteiger partial charge in [-0.2, -0.15) is 13.2 Å². The van der Waals surface area contributed by atoms with Crippen molar-refractivity contribution >= 4 is 0 Å². The molecule has 0 aliphatic carbocycles. The molecular weight excluding hydrogens is 237 g/mol. The number of nitrogens with zero attached hydrogens (tertiary/aromatic N) is 2. The highest BCUT2D eigenvalue weighted by molar-refractivity contribution is 4.88. The van der Waals surface area contributed by atoms with E-state index in [9.17, 15) is 18.0 Å². The quantitative estimate of drug-likeness (QED) is 0.813. The number of alkyl halides is 3. The predicted molar refractivity (Wildman–Crippen MR) is 53.5 cm³/mol. The van der Waals surface area contributed by atoms with Crippen LogP contribution in [0.2, 0.25) is 0 Å². The first kappa shape index (κ1) is 12.2. The smallest absolute Gasteiger partial charge is 0.312 e. The van der Waals surface area contributed by atoms with Crippen LogP contribution < -0.4 is 11.0 Å².